The lowest BCUT2D eigenvalue weighted by atomic mass is 10.0. The van der Waals surface area contributed by atoms with Crippen LogP contribution in [-0.2, 0) is 4.74 Å². The number of hydrogen-bond donors (Lipinski definition) is 0. The Morgan fingerprint density at radius 1 is 1.12 bits per heavy atom. The van der Waals surface area contributed by atoms with E-state index in [2.05, 4.69) is 4.90 Å². The normalized spacial score (nSPS) is 19.2. The molecule has 1 atom stereocenters. The molecule has 1 unspecified atom stereocenters. The van der Waals surface area contributed by atoms with Crippen LogP contribution >= 0.6 is 0 Å². The summed E-state index contributed by atoms with van der Waals surface area (Å²) in [7, 11) is 0. The lowest BCUT2D eigenvalue weighted by molar-refractivity contribution is 0.0433. The van der Waals surface area contributed by atoms with Gasteiger partial charge < -0.3 is 9.64 Å². The highest BCUT2D eigenvalue weighted by molar-refractivity contribution is 6.00. The summed E-state index contributed by atoms with van der Waals surface area (Å²) in [6, 6.07) is 14.1. The summed E-state index contributed by atoms with van der Waals surface area (Å²) < 4.78 is 20.9. The van der Waals surface area contributed by atoms with Gasteiger partial charge in [-0.15, -0.1) is 0 Å². The van der Waals surface area contributed by atoms with Gasteiger partial charge in [0.1, 0.15) is 11.5 Å². The van der Waals surface area contributed by atoms with Crippen LogP contribution in [0, 0.1) is 12.7 Å². The second-order valence-electron chi connectivity index (χ2n) is 8.91. The molecule has 2 saturated heterocycles. The standard InChI is InChI=1S/C26H29FN4O2/c1-19-4-2-5-20(16-19)25-24(18-31(28-25)22-9-7-21(27)8-10-22)26(32)30-13-11-29(12-14-30)17-23-6-3-15-33-23/h2,4-5,7-10,16,18,23H,3,6,11-15,17H2,1H3. The van der Waals surface area contributed by atoms with E-state index in [0.29, 0.717) is 36.1 Å². The largest absolute Gasteiger partial charge is 0.377 e. The Bertz CT molecular complexity index is 1110. The minimum atomic E-state index is -0.304. The maximum absolute atomic E-state index is 13.6. The number of aromatic nitrogens is 2. The Hall–Kier alpha value is -3.03. The first-order valence-corrected chi connectivity index (χ1v) is 11.6. The Kier molecular flexibility index (Phi) is 6.24. The predicted molar refractivity (Wildman–Crippen MR) is 125 cm³/mol. The zero-order valence-corrected chi connectivity index (χ0v) is 18.9. The van der Waals surface area contributed by atoms with Gasteiger partial charge in [0.2, 0.25) is 0 Å². The molecule has 3 aromatic rings. The van der Waals surface area contributed by atoms with E-state index < -0.39 is 0 Å². The Morgan fingerprint density at radius 2 is 1.91 bits per heavy atom. The smallest absolute Gasteiger partial charge is 0.257 e. The topological polar surface area (TPSA) is 50.6 Å². The maximum atomic E-state index is 13.6. The van der Waals surface area contributed by atoms with Crippen LogP contribution in [0.4, 0.5) is 4.39 Å². The number of carbonyl (C=O) groups excluding carboxylic acids is 1. The third kappa shape index (κ3) is 4.84. The van der Waals surface area contributed by atoms with Crippen molar-refractivity contribution < 1.29 is 13.9 Å². The van der Waals surface area contributed by atoms with Crippen molar-refractivity contribution in [3.8, 4) is 16.9 Å². The zero-order valence-electron chi connectivity index (χ0n) is 18.9. The van der Waals surface area contributed by atoms with Crippen LogP contribution in [-0.4, -0.2) is 70.9 Å². The number of nitrogens with zero attached hydrogens (tertiary/aromatic N) is 4. The summed E-state index contributed by atoms with van der Waals surface area (Å²) in [5.74, 6) is -0.321. The van der Waals surface area contributed by atoms with Gasteiger partial charge >= 0.3 is 0 Å². The first-order valence-electron chi connectivity index (χ1n) is 11.6. The van der Waals surface area contributed by atoms with Crippen molar-refractivity contribution >= 4 is 5.91 Å². The molecule has 2 aromatic carbocycles. The molecule has 0 radical (unpaired) electrons. The number of aryl methyl sites for hydroxylation is 1. The second kappa shape index (κ2) is 9.45. The van der Waals surface area contributed by atoms with Crippen LogP contribution < -0.4 is 0 Å². The van der Waals surface area contributed by atoms with Crippen molar-refractivity contribution in [3.63, 3.8) is 0 Å². The fraction of sp³-hybridized carbons (Fsp3) is 0.385. The third-order valence-corrected chi connectivity index (χ3v) is 6.47. The molecular formula is C26H29FN4O2. The van der Waals surface area contributed by atoms with Gasteiger partial charge in [-0.1, -0.05) is 23.8 Å². The van der Waals surface area contributed by atoms with Crippen LogP contribution in [0.1, 0.15) is 28.8 Å². The van der Waals surface area contributed by atoms with Gasteiger partial charge in [-0.2, -0.15) is 5.10 Å². The molecule has 1 aromatic heterocycles. The highest BCUT2D eigenvalue weighted by Gasteiger charge is 2.28. The van der Waals surface area contributed by atoms with Crippen LogP contribution in [0.15, 0.2) is 54.7 Å². The molecule has 5 rings (SSSR count). The van der Waals surface area contributed by atoms with Crippen molar-refractivity contribution in [1.29, 1.82) is 0 Å². The van der Waals surface area contributed by atoms with Gasteiger partial charge in [0.05, 0.1) is 17.4 Å². The number of rotatable bonds is 5. The van der Waals surface area contributed by atoms with E-state index in [1.165, 1.54) is 12.1 Å². The first-order chi connectivity index (χ1) is 16.1. The van der Waals surface area contributed by atoms with Gasteiger partial charge in [-0.25, -0.2) is 9.07 Å². The highest BCUT2D eigenvalue weighted by Crippen LogP contribution is 2.26. The summed E-state index contributed by atoms with van der Waals surface area (Å²) in [4.78, 5) is 17.9. The summed E-state index contributed by atoms with van der Waals surface area (Å²) in [5, 5.41) is 4.74. The van der Waals surface area contributed by atoms with E-state index in [4.69, 9.17) is 9.84 Å². The number of hydrogen-bond acceptors (Lipinski definition) is 4. The SMILES string of the molecule is Cc1cccc(-c2nn(-c3ccc(F)cc3)cc2C(=O)N2CCN(CC3CCCO3)CC2)c1. The van der Waals surface area contributed by atoms with E-state index >= 15 is 0 Å². The monoisotopic (exact) mass is 448 g/mol. The predicted octanol–water partition coefficient (Wildman–Crippen LogP) is 3.92. The van der Waals surface area contributed by atoms with Crippen LogP contribution in [0.5, 0.6) is 0 Å². The summed E-state index contributed by atoms with van der Waals surface area (Å²) in [6.45, 7) is 6.88. The van der Waals surface area contributed by atoms with Crippen molar-refractivity contribution in [1.82, 2.24) is 19.6 Å². The summed E-state index contributed by atoms with van der Waals surface area (Å²) in [6.07, 6.45) is 4.37. The third-order valence-electron chi connectivity index (χ3n) is 6.47. The van der Waals surface area contributed by atoms with Crippen molar-refractivity contribution in [3.05, 3.63) is 71.7 Å². The van der Waals surface area contributed by atoms with Crippen molar-refractivity contribution in [2.45, 2.75) is 25.9 Å². The van der Waals surface area contributed by atoms with Crippen molar-refractivity contribution in [2.24, 2.45) is 0 Å². The number of carbonyl (C=O) groups is 1. The average molecular weight is 449 g/mol. The van der Waals surface area contributed by atoms with Crippen molar-refractivity contribution in [2.75, 3.05) is 39.3 Å². The molecule has 2 aliphatic rings. The minimum absolute atomic E-state index is 0.0170. The highest BCUT2D eigenvalue weighted by atomic mass is 19.1. The van der Waals surface area contributed by atoms with Crippen LogP contribution in [0.2, 0.25) is 0 Å². The lowest BCUT2D eigenvalue weighted by Gasteiger charge is -2.35. The molecule has 1 amide bonds. The van der Waals surface area contributed by atoms with E-state index in [1.54, 1.807) is 23.0 Å². The molecule has 172 valence electrons. The first kappa shape index (κ1) is 21.8. The van der Waals surface area contributed by atoms with E-state index in [-0.39, 0.29) is 11.7 Å². The molecule has 3 heterocycles. The molecule has 0 spiro atoms. The lowest BCUT2D eigenvalue weighted by Crippen LogP contribution is -2.50. The summed E-state index contributed by atoms with van der Waals surface area (Å²) in [5.41, 5.74) is 3.93. The number of benzene rings is 2. The number of ether oxygens (including phenoxy) is 1. The fourth-order valence-electron chi connectivity index (χ4n) is 4.64. The Morgan fingerprint density at radius 3 is 2.61 bits per heavy atom. The number of piperazine rings is 1. The second-order valence-corrected chi connectivity index (χ2v) is 8.91. The Balaban J connectivity index is 1.39. The van der Waals surface area contributed by atoms with Gasteiger partial charge in [-0.05, 0) is 50.1 Å². The molecule has 7 heteroatoms. The average Bonchev–Trinajstić information content (AvgIpc) is 3.50. The van der Waals surface area contributed by atoms with Gasteiger partial charge in [0.15, 0.2) is 0 Å². The molecule has 6 nitrogen and oxygen atoms in total. The molecular weight excluding hydrogens is 419 g/mol. The minimum Gasteiger partial charge on any atom is -0.377 e. The van der Waals surface area contributed by atoms with E-state index in [0.717, 1.165) is 50.2 Å². The quantitative estimate of drug-likeness (QED) is 0.594. The number of amides is 1. The molecule has 0 aliphatic carbocycles. The van der Waals surface area contributed by atoms with Gasteiger partial charge in [0, 0.05) is 51.1 Å². The van der Waals surface area contributed by atoms with Crippen LogP contribution in [0.25, 0.3) is 16.9 Å². The number of halogens is 1. The molecule has 33 heavy (non-hydrogen) atoms. The Labute approximate surface area is 193 Å². The van der Waals surface area contributed by atoms with Gasteiger partial charge in [-0.3, -0.25) is 9.69 Å². The molecule has 0 N–H and O–H groups in total. The van der Waals surface area contributed by atoms with E-state index in [9.17, 15) is 9.18 Å². The molecule has 2 fully saturated rings. The maximum Gasteiger partial charge on any atom is 0.257 e. The van der Waals surface area contributed by atoms with Gasteiger partial charge in [0.25, 0.3) is 5.91 Å². The molecule has 0 bridgehead atoms. The zero-order chi connectivity index (χ0) is 22.8. The van der Waals surface area contributed by atoms with E-state index in [1.807, 2.05) is 36.1 Å². The summed E-state index contributed by atoms with van der Waals surface area (Å²) >= 11 is 0. The fourth-order valence-corrected chi connectivity index (χ4v) is 4.64. The molecule has 2 aliphatic heterocycles. The molecule has 0 saturated carbocycles. The van der Waals surface area contributed by atoms with Crippen LogP contribution in [0.3, 0.4) is 0 Å².